The highest BCUT2D eigenvalue weighted by molar-refractivity contribution is 5.66. The Bertz CT molecular complexity index is 493. The lowest BCUT2D eigenvalue weighted by atomic mass is 9.89. The lowest BCUT2D eigenvalue weighted by Crippen LogP contribution is -2.46. The average molecular weight is 280 g/mol. The summed E-state index contributed by atoms with van der Waals surface area (Å²) in [5.74, 6) is -0.285. The second-order valence-corrected chi connectivity index (χ2v) is 5.27. The van der Waals surface area contributed by atoms with Gasteiger partial charge < -0.3 is 15.3 Å². The van der Waals surface area contributed by atoms with Crippen molar-refractivity contribution >= 4 is 6.09 Å². The van der Waals surface area contributed by atoms with Gasteiger partial charge in [0.1, 0.15) is 5.82 Å². The van der Waals surface area contributed by atoms with Crippen molar-refractivity contribution in [2.45, 2.75) is 38.8 Å². The zero-order valence-corrected chi connectivity index (χ0v) is 11.9. The SMILES string of the molecule is CCNC1CCN(C(=O)O)C(c2ccc(F)cc2C)C1. The summed E-state index contributed by atoms with van der Waals surface area (Å²) in [5, 5.41) is 12.7. The smallest absolute Gasteiger partial charge is 0.407 e. The van der Waals surface area contributed by atoms with Gasteiger partial charge in [-0.05, 0) is 49.6 Å². The molecule has 2 rings (SSSR count). The molecule has 110 valence electrons. The van der Waals surface area contributed by atoms with Crippen LogP contribution in [0.15, 0.2) is 18.2 Å². The second-order valence-electron chi connectivity index (χ2n) is 5.27. The van der Waals surface area contributed by atoms with Crippen LogP contribution < -0.4 is 5.32 Å². The monoisotopic (exact) mass is 280 g/mol. The predicted molar refractivity (Wildman–Crippen MR) is 75.3 cm³/mol. The maximum absolute atomic E-state index is 13.2. The molecule has 1 aliphatic heterocycles. The summed E-state index contributed by atoms with van der Waals surface area (Å²) in [5.41, 5.74) is 1.70. The Morgan fingerprint density at radius 3 is 2.90 bits per heavy atom. The number of carbonyl (C=O) groups is 1. The summed E-state index contributed by atoms with van der Waals surface area (Å²) in [4.78, 5) is 12.9. The van der Waals surface area contributed by atoms with Gasteiger partial charge in [-0.25, -0.2) is 9.18 Å². The van der Waals surface area contributed by atoms with E-state index in [9.17, 15) is 14.3 Å². The minimum Gasteiger partial charge on any atom is -0.465 e. The average Bonchev–Trinajstić information content (AvgIpc) is 2.38. The molecule has 4 nitrogen and oxygen atoms in total. The molecule has 1 fully saturated rings. The Hall–Kier alpha value is -1.62. The Morgan fingerprint density at radius 2 is 2.30 bits per heavy atom. The largest absolute Gasteiger partial charge is 0.465 e. The Morgan fingerprint density at radius 1 is 1.55 bits per heavy atom. The van der Waals surface area contributed by atoms with Crippen molar-refractivity contribution in [1.29, 1.82) is 0 Å². The molecule has 2 atom stereocenters. The molecular weight excluding hydrogens is 259 g/mol. The minimum atomic E-state index is -0.909. The molecule has 1 aromatic carbocycles. The van der Waals surface area contributed by atoms with E-state index in [-0.39, 0.29) is 11.9 Å². The summed E-state index contributed by atoms with van der Waals surface area (Å²) in [6, 6.07) is 4.68. The molecule has 1 heterocycles. The minimum absolute atomic E-state index is 0.203. The fraction of sp³-hybridized carbons (Fsp3) is 0.533. The van der Waals surface area contributed by atoms with E-state index in [4.69, 9.17) is 0 Å². The van der Waals surface area contributed by atoms with Gasteiger partial charge in [-0.1, -0.05) is 13.0 Å². The zero-order chi connectivity index (χ0) is 14.7. The number of hydrogen-bond acceptors (Lipinski definition) is 2. The Kier molecular flexibility index (Phi) is 4.60. The van der Waals surface area contributed by atoms with Crippen LogP contribution in [0, 0.1) is 12.7 Å². The zero-order valence-electron chi connectivity index (χ0n) is 11.9. The van der Waals surface area contributed by atoms with Crippen LogP contribution in [0.25, 0.3) is 0 Å². The van der Waals surface area contributed by atoms with E-state index in [1.54, 1.807) is 6.07 Å². The summed E-state index contributed by atoms with van der Waals surface area (Å²) in [6.07, 6.45) is 0.636. The third-order valence-electron chi connectivity index (χ3n) is 3.93. The fourth-order valence-electron chi connectivity index (χ4n) is 2.98. The number of aryl methyl sites for hydroxylation is 1. The van der Waals surface area contributed by atoms with Gasteiger partial charge in [0.05, 0.1) is 6.04 Å². The van der Waals surface area contributed by atoms with Gasteiger partial charge in [-0.15, -0.1) is 0 Å². The van der Waals surface area contributed by atoms with E-state index >= 15 is 0 Å². The van der Waals surface area contributed by atoms with Crippen molar-refractivity contribution in [3.05, 3.63) is 35.1 Å². The number of nitrogens with one attached hydrogen (secondary N) is 1. The van der Waals surface area contributed by atoms with Gasteiger partial charge in [-0.2, -0.15) is 0 Å². The quantitative estimate of drug-likeness (QED) is 0.895. The Balaban J connectivity index is 2.28. The van der Waals surface area contributed by atoms with Gasteiger partial charge in [-0.3, -0.25) is 0 Å². The molecule has 1 saturated heterocycles. The summed E-state index contributed by atoms with van der Waals surface area (Å²) >= 11 is 0. The third kappa shape index (κ3) is 3.10. The molecule has 20 heavy (non-hydrogen) atoms. The molecule has 1 aliphatic rings. The van der Waals surface area contributed by atoms with E-state index in [0.29, 0.717) is 12.6 Å². The number of hydrogen-bond donors (Lipinski definition) is 2. The molecule has 1 aromatic rings. The maximum Gasteiger partial charge on any atom is 0.407 e. The van der Waals surface area contributed by atoms with E-state index in [2.05, 4.69) is 5.32 Å². The van der Waals surface area contributed by atoms with Crippen LogP contribution in [0.2, 0.25) is 0 Å². The summed E-state index contributed by atoms with van der Waals surface area (Å²) in [7, 11) is 0. The fourth-order valence-corrected chi connectivity index (χ4v) is 2.98. The number of carboxylic acid groups (broad SMARTS) is 1. The maximum atomic E-state index is 13.2. The Labute approximate surface area is 118 Å². The van der Waals surface area contributed by atoms with Gasteiger partial charge in [0, 0.05) is 12.6 Å². The molecule has 1 amide bonds. The first kappa shape index (κ1) is 14.8. The molecule has 0 bridgehead atoms. The number of halogens is 1. The molecule has 0 aliphatic carbocycles. The van der Waals surface area contributed by atoms with E-state index in [1.807, 2.05) is 13.8 Å². The van der Waals surface area contributed by atoms with Crippen LogP contribution in [0.5, 0.6) is 0 Å². The molecule has 2 unspecified atom stereocenters. The van der Waals surface area contributed by atoms with Crippen LogP contribution in [-0.2, 0) is 0 Å². The van der Waals surface area contributed by atoms with Gasteiger partial charge >= 0.3 is 6.09 Å². The van der Waals surface area contributed by atoms with Gasteiger partial charge in [0.25, 0.3) is 0 Å². The highest BCUT2D eigenvalue weighted by Gasteiger charge is 2.33. The van der Waals surface area contributed by atoms with Crippen LogP contribution in [0.4, 0.5) is 9.18 Å². The molecule has 0 radical (unpaired) electrons. The van der Waals surface area contributed by atoms with Crippen LogP contribution in [0.3, 0.4) is 0 Å². The number of benzene rings is 1. The van der Waals surface area contributed by atoms with E-state index < -0.39 is 6.09 Å². The predicted octanol–water partition coefficient (Wildman–Crippen LogP) is 2.93. The number of piperidine rings is 1. The number of amides is 1. The van der Waals surface area contributed by atoms with Crippen molar-refractivity contribution in [2.75, 3.05) is 13.1 Å². The van der Waals surface area contributed by atoms with Crippen molar-refractivity contribution in [3.63, 3.8) is 0 Å². The van der Waals surface area contributed by atoms with Crippen LogP contribution in [0.1, 0.15) is 36.9 Å². The van der Waals surface area contributed by atoms with E-state index in [0.717, 1.165) is 30.5 Å². The molecule has 2 N–H and O–H groups in total. The van der Waals surface area contributed by atoms with Crippen molar-refractivity contribution in [2.24, 2.45) is 0 Å². The lowest BCUT2D eigenvalue weighted by Gasteiger charge is -2.39. The number of nitrogens with zero attached hydrogens (tertiary/aromatic N) is 1. The van der Waals surface area contributed by atoms with Gasteiger partial charge in [0.15, 0.2) is 0 Å². The number of likely N-dealkylation sites (tertiary alicyclic amines) is 1. The highest BCUT2D eigenvalue weighted by Crippen LogP contribution is 2.33. The first-order chi connectivity index (χ1) is 9.52. The van der Waals surface area contributed by atoms with Crippen molar-refractivity contribution in [1.82, 2.24) is 10.2 Å². The number of rotatable bonds is 3. The van der Waals surface area contributed by atoms with Crippen molar-refractivity contribution in [3.8, 4) is 0 Å². The summed E-state index contributed by atoms with van der Waals surface area (Å²) < 4.78 is 13.2. The van der Waals surface area contributed by atoms with E-state index in [1.165, 1.54) is 17.0 Å². The molecule has 5 heteroatoms. The van der Waals surface area contributed by atoms with Gasteiger partial charge in [0.2, 0.25) is 0 Å². The van der Waals surface area contributed by atoms with Crippen LogP contribution >= 0.6 is 0 Å². The second kappa shape index (κ2) is 6.22. The normalized spacial score (nSPS) is 22.9. The molecule has 0 aromatic heterocycles. The molecular formula is C15H21FN2O2. The first-order valence-corrected chi connectivity index (χ1v) is 7.02. The topological polar surface area (TPSA) is 52.6 Å². The molecule has 0 spiro atoms. The molecule has 0 saturated carbocycles. The highest BCUT2D eigenvalue weighted by atomic mass is 19.1. The standard InChI is InChI=1S/C15H21FN2O2/c1-3-17-12-6-7-18(15(19)20)14(9-12)13-5-4-11(16)8-10(13)2/h4-5,8,12,14,17H,3,6-7,9H2,1-2H3,(H,19,20). The third-order valence-corrected chi connectivity index (χ3v) is 3.93. The van der Waals surface area contributed by atoms with Crippen LogP contribution in [-0.4, -0.2) is 35.2 Å². The lowest BCUT2D eigenvalue weighted by molar-refractivity contribution is 0.0964. The summed E-state index contributed by atoms with van der Waals surface area (Å²) in [6.45, 7) is 5.25. The first-order valence-electron chi connectivity index (χ1n) is 7.02. The van der Waals surface area contributed by atoms with Crippen molar-refractivity contribution < 1.29 is 14.3 Å².